The summed E-state index contributed by atoms with van der Waals surface area (Å²) >= 11 is 5.95. The Labute approximate surface area is 162 Å². The molecule has 1 unspecified atom stereocenters. The number of nitrogens with zero attached hydrogens (tertiary/aromatic N) is 2. The quantitative estimate of drug-likeness (QED) is 0.721. The number of ether oxygens (including phenoxy) is 2. The van der Waals surface area contributed by atoms with Gasteiger partial charge in [0.1, 0.15) is 24.0 Å². The van der Waals surface area contributed by atoms with Crippen molar-refractivity contribution in [1.82, 2.24) is 14.9 Å². The maximum atomic E-state index is 11.4. The minimum Gasteiger partial charge on any atom is -0.487 e. The number of carbonyl (C=O) groups excluding carboxylic acids is 1. The average molecular weight is 386 g/mol. The van der Waals surface area contributed by atoms with E-state index >= 15 is 0 Å². The maximum absolute atomic E-state index is 11.4. The predicted octanol–water partition coefficient (Wildman–Crippen LogP) is 3.99. The standard InChI is InChI=1S/C20H20ClN3O3/c1-12-13(2)24(10-16-9-23-20(25)27-16)19-17(7-8-22-18(12)19)26-11-14-3-5-15(21)6-4-14/h3-8,16H,9-11H2,1-2H3,(H,23,25). The summed E-state index contributed by atoms with van der Waals surface area (Å²) in [6.45, 7) is 5.57. The molecule has 1 N–H and O–H groups in total. The molecule has 1 aromatic carbocycles. The predicted molar refractivity (Wildman–Crippen MR) is 103 cm³/mol. The van der Waals surface area contributed by atoms with Gasteiger partial charge < -0.3 is 19.4 Å². The molecule has 0 spiro atoms. The zero-order chi connectivity index (χ0) is 19.0. The zero-order valence-corrected chi connectivity index (χ0v) is 15.9. The summed E-state index contributed by atoms with van der Waals surface area (Å²) in [5, 5.41) is 3.40. The highest BCUT2D eigenvalue weighted by atomic mass is 35.5. The molecule has 140 valence electrons. The van der Waals surface area contributed by atoms with Crippen LogP contribution in [0.25, 0.3) is 11.0 Å². The molecule has 0 saturated carbocycles. The second-order valence-corrected chi connectivity index (χ2v) is 7.09. The van der Waals surface area contributed by atoms with Crippen molar-refractivity contribution in [3.05, 3.63) is 58.4 Å². The summed E-state index contributed by atoms with van der Waals surface area (Å²) in [7, 11) is 0. The van der Waals surface area contributed by atoms with Crippen LogP contribution >= 0.6 is 11.6 Å². The van der Waals surface area contributed by atoms with Gasteiger partial charge in [-0.15, -0.1) is 0 Å². The first-order valence-electron chi connectivity index (χ1n) is 8.79. The Kier molecular flexibility index (Phi) is 4.66. The fourth-order valence-electron chi connectivity index (χ4n) is 3.34. The van der Waals surface area contributed by atoms with Gasteiger partial charge in [0.15, 0.2) is 0 Å². The lowest BCUT2D eigenvalue weighted by Gasteiger charge is -2.15. The van der Waals surface area contributed by atoms with Crippen LogP contribution in [0.2, 0.25) is 5.02 Å². The normalized spacial score (nSPS) is 16.4. The summed E-state index contributed by atoms with van der Waals surface area (Å²) < 4.78 is 13.6. The lowest BCUT2D eigenvalue weighted by atomic mass is 10.2. The third kappa shape index (κ3) is 3.45. The third-order valence-electron chi connectivity index (χ3n) is 4.90. The van der Waals surface area contributed by atoms with Crippen LogP contribution < -0.4 is 10.1 Å². The summed E-state index contributed by atoms with van der Waals surface area (Å²) in [6.07, 6.45) is 1.17. The number of alkyl carbamates (subject to hydrolysis) is 1. The highest BCUT2D eigenvalue weighted by Gasteiger charge is 2.26. The highest BCUT2D eigenvalue weighted by molar-refractivity contribution is 6.30. The van der Waals surface area contributed by atoms with Crippen LogP contribution in [0.4, 0.5) is 4.79 Å². The van der Waals surface area contributed by atoms with E-state index in [-0.39, 0.29) is 12.2 Å². The summed E-state index contributed by atoms with van der Waals surface area (Å²) in [5.74, 6) is 0.753. The van der Waals surface area contributed by atoms with Crippen LogP contribution in [0, 0.1) is 13.8 Å². The number of nitrogens with one attached hydrogen (secondary N) is 1. The molecule has 2 aromatic heterocycles. The van der Waals surface area contributed by atoms with E-state index in [4.69, 9.17) is 21.1 Å². The van der Waals surface area contributed by atoms with Gasteiger partial charge in [-0.1, -0.05) is 23.7 Å². The van der Waals surface area contributed by atoms with Gasteiger partial charge in [-0.3, -0.25) is 4.98 Å². The number of hydrogen-bond donors (Lipinski definition) is 1. The van der Waals surface area contributed by atoms with Crippen LogP contribution in [0.15, 0.2) is 36.5 Å². The first-order chi connectivity index (χ1) is 13.0. The summed E-state index contributed by atoms with van der Waals surface area (Å²) in [5.41, 5.74) is 5.04. The smallest absolute Gasteiger partial charge is 0.407 e. The van der Waals surface area contributed by atoms with Gasteiger partial charge in [-0.05, 0) is 37.1 Å². The van der Waals surface area contributed by atoms with Gasteiger partial charge in [0, 0.05) is 23.0 Å². The number of cyclic esters (lactones) is 1. The molecular weight excluding hydrogens is 366 g/mol. The number of amides is 1. The molecule has 1 aliphatic heterocycles. The van der Waals surface area contributed by atoms with Crippen molar-refractivity contribution in [3.63, 3.8) is 0 Å². The van der Waals surface area contributed by atoms with E-state index in [1.54, 1.807) is 6.20 Å². The van der Waals surface area contributed by atoms with E-state index in [1.165, 1.54) is 0 Å². The van der Waals surface area contributed by atoms with E-state index in [2.05, 4.69) is 14.9 Å². The Bertz CT molecular complexity index is 998. The Morgan fingerprint density at radius 2 is 2.07 bits per heavy atom. The number of benzene rings is 1. The zero-order valence-electron chi connectivity index (χ0n) is 15.2. The number of carbonyl (C=O) groups is 1. The van der Waals surface area contributed by atoms with Crippen LogP contribution in [0.1, 0.15) is 16.8 Å². The Balaban J connectivity index is 1.66. The number of halogens is 1. The van der Waals surface area contributed by atoms with Gasteiger partial charge in [0.05, 0.1) is 18.6 Å². The molecular formula is C20H20ClN3O3. The fraction of sp³-hybridized carbons (Fsp3) is 0.300. The Morgan fingerprint density at radius 3 is 2.78 bits per heavy atom. The lowest BCUT2D eigenvalue weighted by molar-refractivity contribution is 0.131. The number of fused-ring (bicyclic) bond motifs is 1. The van der Waals surface area contributed by atoms with E-state index < -0.39 is 0 Å². The molecule has 6 nitrogen and oxygen atoms in total. The minimum atomic E-state index is -0.372. The number of rotatable bonds is 5. The molecule has 1 amide bonds. The lowest BCUT2D eigenvalue weighted by Crippen LogP contribution is -2.21. The molecule has 1 saturated heterocycles. The minimum absolute atomic E-state index is 0.212. The van der Waals surface area contributed by atoms with Crippen molar-refractivity contribution in [1.29, 1.82) is 0 Å². The first-order valence-corrected chi connectivity index (χ1v) is 9.17. The number of hydrogen-bond acceptors (Lipinski definition) is 4. The fourth-order valence-corrected chi connectivity index (χ4v) is 3.46. The number of aromatic nitrogens is 2. The van der Waals surface area contributed by atoms with E-state index in [9.17, 15) is 4.79 Å². The Hall–Kier alpha value is -2.73. The van der Waals surface area contributed by atoms with Crippen molar-refractivity contribution < 1.29 is 14.3 Å². The van der Waals surface area contributed by atoms with Crippen LogP contribution in [-0.2, 0) is 17.9 Å². The second-order valence-electron chi connectivity index (χ2n) is 6.65. The van der Waals surface area contributed by atoms with Crippen molar-refractivity contribution in [2.45, 2.75) is 33.1 Å². The monoisotopic (exact) mass is 385 g/mol. The van der Waals surface area contributed by atoms with Crippen molar-refractivity contribution in [2.24, 2.45) is 0 Å². The van der Waals surface area contributed by atoms with Crippen molar-refractivity contribution in [3.8, 4) is 5.75 Å². The molecule has 1 aliphatic rings. The maximum Gasteiger partial charge on any atom is 0.407 e. The topological polar surface area (TPSA) is 65.4 Å². The average Bonchev–Trinajstić information content (AvgIpc) is 3.18. The molecule has 27 heavy (non-hydrogen) atoms. The molecule has 3 heterocycles. The molecule has 7 heteroatoms. The SMILES string of the molecule is Cc1c(C)n(CC2CNC(=O)O2)c2c(OCc3ccc(Cl)cc3)ccnc12. The van der Waals surface area contributed by atoms with Gasteiger partial charge in [-0.25, -0.2) is 4.79 Å². The van der Waals surface area contributed by atoms with Gasteiger partial charge in [0.25, 0.3) is 0 Å². The summed E-state index contributed by atoms with van der Waals surface area (Å²) in [6, 6.07) is 9.45. The van der Waals surface area contributed by atoms with Crippen LogP contribution in [-0.4, -0.2) is 28.3 Å². The van der Waals surface area contributed by atoms with E-state index in [1.807, 2.05) is 44.2 Å². The van der Waals surface area contributed by atoms with Crippen molar-refractivity contribution >= 4 is 28.7 Å². The first kappa shape index (κ1) is 17.7. The van der Waals surface area contributed by atoms with Gasteiger partial charge in [-0.2, -0.15) is 0 Å². The largest absolute Gasteiger partial charge is 0.487 e. The van der Waals surface area contributed by atoms with Crippen LogP contribution in [0.5, 0.6) is 5.75 Å². The molecule has 0 aliphatic carbocycles. The molecule has 1 atom stereocenters. The van der Waals surface area contributed by atoms with Gasteiger partial charge in [0.2, 0.25) is 0 Å². The van der Waals surface area contributed by atoms with Gasteiger partial charge >= 0.3 is 6.09 Å². The molecule has 1 fully saturated rings. The van der Waals surface area contributed by atoms with E-state index in [0.29, 0.717) is 24.7 Å². The molecule has 3 aromatic rings. The number of aryl methyl sites for hydroxylation is 1. The summed E-state index contributed by atoms with van der Waals surface area (Å²) in [4.78, 5) is 15.9. The van der Waals surface area contributed by atoms with Crippen LogP contribution in [0.3, 0.4) is 0 Å². The highest BCUT2D eigenvalue weighted by Crippen LogP contribution is 2.32. The third-order valence-corrected chi connectivity index (χ3v) is 5.15. The Morgan fingerprint density at radius 1 is 1.30 bits per heavy atom. The second kappa shape index (κ2) is 7.12. The molecule has 0 bridgehead atoms. The van der Waals surface area contributed by atoms with Crippen molar-refractivity contribution in [2.75, 3.05) is 6.54 Å². The number of pyridine rings is 1. The molecule has 4 rings (SSSR count). The molecule has 0 radical (unpaired) electrons. The van der Waals surface area contributed by atoms with E-state index in [0.717, 1.165) is 33.6 Å².